The van der Waals surface area contributed by atoms with Crippen LogP contribution < -0.4 is 15.4 Å². The molecule has 0 spiro atoms. The van der Waals surface area contributed by atoms with Gasteiger partial charge in [0.05, 0.1) is 17.2 Å². The van der Waals surface area contributed by atoms with Gasteiger partial charge in [0, 0.05) is 28.5 Å². The van der Waals surface area contributed by atoms with E-state index < -0.39 is 6.61 Å². The lowest BCUT2D eigenvalue weighted by atomic mass is 10.2. The molecule has 0 aliphatic rings. The second-order valence-corrected chi connectivity index (χ2v) is 7.35. The maximum absolute atomic E-state index is 12.5. The molecule has 1 aromatic carbocycles. The van der Waals surface area contributed by atoms with Crippen molar-refractivity contribution in [3.05, 3.63) is 43.8 Å². The Morgan fingerprint density at radius 2 is 2.04 bits per heavy atom. The highest BCUT2D eigenvalue weighted by Crippen LogP contribution is 2.24. The predicted octanol–water partition coefficient (Wildman–Crippen LogP) is 3.99. The van der Waals surface area contributed by atoms with Crippen LogP contribution in [0.25, 0.3) is 0 Å². The van der Waals surface area contributed by atoms with Crippen LogP contribution >= 0.6 is 27.3 Å². The Balaban J connectivity index is 1.98. The van der Waals surface area contributed by atoms with Crippen molar-refractivity contribution in [3.8, 4) is 5.75 Å². The van der Waals surface area contributed by atoms with Crippen LogP contribution in [0.15, 0.2) is 27.7 Å². The normalized spacial score (nSPS) is 11.7. The number of hydrogen-bond acceptors (Lipinski definition) is 4. The Kier molecular flexibility index (Phi) is 7.12. The number of halogens is 3. The number of aryl methyl sites for hydroxylation is 2. The molecule has 0 unspecified atom stereocenters. The Bertz CT molecular complexity index is 752. The first-order valence-electron chi connectivity index (χ1n) is 7.49. The van der Waals surface area contributed by atoms with Crippen molar-refractivity contribution >= 4 is 33.2 Å². The van der Waals surface area contributed by atoms with Gasteiger partial charge in [0.1, 0.15) is 5.75 Å². The van der Waals surface area contributed by atoms with Crippen molar-refractivity contribution in [2.45, 2.75) is 33.5 Å². The van der Waals surface area contributed by atoms with Gasteiger partial charge in [-0.15, -0.1) is 11.3 Å². The predicted molar refractivity (Wildman–Crippen MR) is 99.4 cm³/mol. The van der Waals surface area contributed by atoms with E-state index in [0.29, 0.717) is 24.6 Å². The maximum atomic E-state index is 12.5. The minimum atomic E-state index is -2.87. The van der Waals surface area contributed by atoms with E-state index in [4.69, 9.17) is 0 Å². The molecule has 136 valence electrons. The number of guanidine groups is 1. The van der Waals surface area contributed by atoms with E-state index >= 15 is 0 Å². The van der Waals surface area contributed by atoms with Crippen LogP contribution in [0.3, 0.4) is 0 Å². The van der Waals surface area contributed by atoms with Gasteiger partial charge in [-0.1, -0.05) is 15.9 Å². The van der Waals surface area contributed by atoms with Crippen LogP contribution in [0.4, 0.5) is 8.78 Å². The Hall–Kier alpha value is -1.74. The monoisotopic (exact) mass is 432 g/mol. The van der Waals surface area contributed by atoms with E-state index in [1.165, 1.54) is 6.07 Å². The van der Waals surface area contributed by atoms with E-state index in [2.05, 4.69) is 41.3 Å². The van der Waals surface area contributed by atoms with Gasteiger partial charge in [-0.2, -0.15) is 8.78 Å². The van der Waals surface area contributed by atoms with Gasteiger partial charge in [0.2, 0.25) is 0 Å². The molecule has 25 heavy (non-hydrogen) atoms. The zero-order valence-electron chi connectivity index (χ0n) is 14.1. The summed E-state index contributed by atoms with van der Waals surface area (Å²) in [5.74, 6) is 0.698. The Morgan fingerprint density at radius 3 is 2.64 bits per heavy atom. The fourth-order valence-electron chi connectivity index (χ4n) is 2.20. The van der Waals surface area contributed by atoms with Gasteiger partial charge in [0.25, 0.3) is 0 Å². The van der Waals surface area contributed by atoms with E-state index in [1.807, 2.05) is 13.8 Å². The molecule has 2 rings (SSSR count). The molecule has 0 aliphatic heterocycles. The fourth-order valence-corrected chi connectivity index (χ4v) is 3.48. The summed E-state index contributed by atoms with van der Waals surface area (Å²) in [5, 5.41) is 7.31. The first-order chi connectivity index (χ1) is 11.9. The lowest BCUT2D eigenvalue weighted by Crippen LogP contribution is -2.36. The van der Waals surface area contributed by atoms with E-state index in [0.717, 1.165) is 20.1 Å². The smallest absolute Gasteiger partial charge is 0.387 e. The van der Waals surface area contributed by atoms with E-state index in [9.17, 15) is 8.78 Å². The van der Waals surface area contributed by atoms with Crippen LogP contribution in [-0.2, 0) is 13.1 Å². The largest absolute Gasteiger partial charge is 0.434 e. The number of rotatable bonds is 6. The van der Waals surface area contributed by atoms with Crippen molar-refractivity contribution in [1.29, 1.82) is 0 Å². The molecule has 0 aliphatic carbocycles. The van der Waals surface area contributed by atoms with Gasteiger partial charge in [0.15, 0.2) is 5.96 Å². The Labute approximate surface area is 157 Å². The molecule has 5 nitrogen and oxygen atoms in total. The number of alkyl halides is 2. The molecular weight excluding hydrogens is 414 g/mol. The molecule has 0 atom stereocenters. The summed E-state index contributed by atoms with van der Waals surface area (Å²) in [7, 11) is 1.65. The van der Waals surface area contributed by atoms with Gasteiger partial charge < -0.3 is 15.4 Å². The summed E-state index contributed by atoms with van der Waals surface area (Å²) in [6.07, 6.45) is 0. The number of thiazole rings is 1. The zero-order valence-corrected chi connectivity index (χ0v) is 16.5. The molecule has 0 bridgehead atoms. The second-order valence-electron chi connectivity index (χ2n) is 5.15. The van der Waals surface area contributed by atoms with Gasteiger partial charge in [-0.25, -0.2) is 4.98 Å². The lowest BCUT2D eigenvalue weighted by Gasteiger charge is -2.14. The zero-order chi connectivity index (χ0) is 18.4. The van der Waals surface area contributed by atoms with Gasteiger partial charge in [-0.3, -0.25) is 4.99 Å². The SMILES string of the molecule is CN=C(NCc1cc(Br)ccc1OC(F)F)NCc1sc(C)nc1C. The number of aromatic nitrogens is 1. The minimum absolute atomic E-state index is 0.134. The molecule has 0 radical (unpaired) electrons. The second kappa shape index (κ2) is 9.10. The maximum Gasteiger partial charge on any atom is 0.387 e. The highest BCUT2D eigenvalue weighted by atomic mass is 79.9. The number of aliphatic imine (C=N–C) groups is 1. The third kappa shape index (κ3) is 5.93. The van der Waals surface area contributed by atoms with Crippen molar-refractivity contribution in [1.82, 2.24) is 15.6 Å². The highest BCUT2D eigenvalue weighted by Gasteiger charge is 2.11. The lowest BCUT2D eigenvalue weighted by molar-refractivity contribution is -0.0504. The number of benzene rings is 1. The van der Waals surface area contributed by atoms with E-state index in [-0.39, 0.29) is 5.75 Å². The molecule has 2 aromatic rings. The summed E-state index contributed by atoms with van der Waals surface area (Å²) < 4.78 is 30.4. The summed E-state index contributed by atoms with van der Waals surface area (Å²) in [4.78, 5) is 9.66. The topological polar surface area (TPSA) is 58.5 Å². The summed E-state index contributed by atoms with van der Waals surface area (Å²) >= 11 is 4.96. The molecule has 0 saturated carbocycles. The summed E-state index contributed by atoms with van der Waals surface area (Å²) in [6.45, 7) is 1.95. The average molecular weight is 433 g/mol. The molecule has 1 heterocycles. The standard InChI is InChI=1S/C16H19BrF2N4OS/c1-9-14(25-10(2)23-9)8-22-16(20-3)21-7-11-6-12(17)4-5-13(11)24-15(18)19/h4-6,15H,7-8H2,1-3H3,(H2,20,21,22). The van der Waals surface area contributed by atoms with Crippen molar-refractivity contribution in [2.75, 3.05) is 7.05 Å². The first-order valence-corrected chi connectivity index (χ1v) is 9.10. The third-order valence-electron chi connectivity index (χ3n) is 3.32. The van der Waals surface area contributed by atoms with Crippen LogP contribution in [0, 0.1) is 13.8 Å². The molecule has 0 fully saturated rings. The molecular formula is C16H19BrF2N4OS. The summed E-state index contributed by atoms with van der Waals surface area (Å²) in [6, 6.07) is 4.89. The molecule has 2 N–H and O–H groups in total. The van der Waals surface area contributed by atoms with Crippen LogP contribution in [-0.4, -0.2) is 24.6 Å². The van der Waals surface area contributed by atoms with Crippen LogP contribution in [0.2, 0.25) is 0 Å². The first kappa shape index (κ1) is 19.6. The van der Waals surface area contributed by atoms with Crippen molar-refractivity contribution < 1.29 is 13.5 Å². The quantitative estimate of drug-likeness (QED) is 0.535. The third-order valence-corrected chi connectivity index (χ3v) is 4.89. The Morgan fingerprint density at radius 1 is 1.32 bits per heavy atom. The molecule has 0 saturated heterocycles. The number of nitrogens with one attached hydrogen (secondary N) is 2. The van der Waals surface area contributed by atoms with Crippen molar-refractivity contribution in [3.63, 3.8) is 0 Å². The van der Waals surface area contributed by atoms with Gasteiger partial charge in [-0.05, 0) is 32.0 Å². The van der Waals surface area contributed by atoms with Crippen LogP contribution in [0.5, 0.6) is 5.75 Å². The van der Waals surface area contributed by atoms with Gasteiger partial charge >= 0.3 is 6.61 Å². The molecule has 0 amide bonds. The number of nitrogens with zero attached hydrogens (tertiary/aromatic N) is 2. The fraction of sp³-hybridized carbons (Fsp3) is 0.375. The van der Waals surface area contributed by atoms with E-state index in [1.54, 1.807) is 30.5 Å². The average Bonchev–Trinajstić information content (AvgIpc) is 2.87. The van der Waals surface area contributed by atoms with Crippen LogP contribution in [0.1, 0.15) is 21.1 Å². The number of ether oxygens (including phenoxy) is 1. The summed E-state index contributed by atoms with van der Waals surface area (Å²) in [5.41, 5.74) is 1.59. The highest BCUT2D eigenvalue weighted by molar-refractivity contribution is 9.10. The number of hydrogen-bond donors (Lipinski definition) is 2. The minimum Gasteiger partial charge on any atom is -0.434 e. The molecule has 1 aromatic heterocycles. The molecule has 9 heteroatoms. The van der Waals surface area contributed by atoms with Crippen molar-refractivity contribution in [2.24, 2.45) is 4.99 Å².